The first-order valence-electron chi connectivity index (χ1n) is 7.03. The fraction of sp³-hybridized carbons (Fsp3) is 0.375. The van der Waals surface area contributed by atoms with Crippen LogP contribution in [0.3, 0.4) is 0 Å². The van der Waals surface area contributed by atoms with Crippen LogP contribution in [0.25, 0.3) is 0 Å². The summed E-state index contributed by atoms with van der Waals surface area (Å²) in [5, 5.41) is 3.34. The van der Waals surface area contributed by atoms with E-state index >= 15 is 0 Å². The Morgan fingerprint density at radius 1 is 1.30 bits per heavy atom. The molecule has 0 bridgehead atoms. The van der Waals surface area contributed by atoms with Crippen molar-refractivity contribution in [3.8, 4) is 5.75 Å². The minimum atomic E-state index is 0.292. The Morgan fingerprint density at radius 2 is 2.15 bits per heavy atom. The summed E-state index contributed by atoms with van der Waals surface area (Å²) in [4.78, 5) is 8.18. The summed E-state index contributed by atoms with van der Waals surface area (Å²) in [7, 11) is 1.98. The van der Waals surface area contributed by atoms with Gasteiger partial charge in [0.15, 0.2) is 0 Å². The normalized spacial score (nSPS) is 14.7. The standard InChI is InChI=1S/C16H19N3O/c1-17-15(14-9-18-11-19-10-14)4-2-12-3-5-16-13(8-12)6-7-20-16/h3,5,8-11,15,17H,2,4,6-7H2,1H3. The smallest absolute Gasteiger partial charge is 0.122 e. The van der Waals surface area contributed by atoms with Crippen LogP contribution < -0.4 is 10.1 Å². The summed E-state index contributed by atoms with van der Waals surface area (Å²) in [5.41, 5.74) is 3.84. The van der Waals surface area contributed by atoms with Crippen molar-refractivity contribution in [1.29, 1.82) is 0 Å². The topological polar surface area (TPSA) is 47.0 Å². The van der Waals surface area contributed by atoms with Crippen LogP contribution in [-0.2, 0) is 12.8 Å². The molecule has 4 nitrogen and oxygen atoms in total. The lowest BCUT2D eigenvalue weighted by Gasteiger charge is -2.15. The zero-order valence-corrected chi connectivity index (χ0v) is 11.7. The molecule has 20 heavy (non-hydrogen) atoms. The van der Waals surface area contributed by atoms with Crippen LogP contribution in [0, 0.1) is 0 Å². The second-order valence-electron chi connectivity index (χ2n) is 5.09. The molecule has 1 unspecified atom stereocenters. The van der Waals surface area contributed by atoms with Crippen molar-refractivity contribution in [3.05, 3.63) is 53.6 Å². The minimum Gasteiger partial charge on any atom is -0.493 e. The van der Waals surface area contributed by atoms with Crippen molar-refractivity contribution in [2.24, 2.45) is 0 Å². The number of aromatic nitrogens is 2. The van der Waals surface area contributed by atoms with Gasteiger partial charge in [0.1, 0.15) is 12.1 Å². The molecule has 2 heterocycles. The van der Waals surface area contributed by atoms with Crippen LogP contribution in [0.15, 0.2) is 36.9 Å². The molecule has 4 heteroatoms. The first kappa shape index (κ1) is 13.1. The predicted molar refractivity (Wildman–Crippen MR) is 77.8 cm³/mol. The van der Waals surface area contributed by atoms with Crippen LogP contribution in [0.1, 0.15) is 29.2 Å². The van der Waals surface area contributed by atoms with Gasteiger partial charge in [-0.1, -0.05) is 12.1 Å². The van der Waals surface area contributed by atoms with Gasteiger partial charge < -0.3 is 10.1 Å². The van der Waals surface area contributed by atoms with Gasteiger partial charge in [-0.05, 0) is 37.1 Å². The Kier molecular flexibility index (Phi) is 3.92. The third-order valence-electron chi connectivity index (χ3n) is 3.81. The number of ether oxygens (including phenoxy) is 1. The van der Waals surface area contributed by atoms with Crippen LogP contribution in [-0.4, -0.2) is 23.6 Å². The molecule has 3 rings (SSSR count). The van der Waals surface area contributed by atoms with Crippen LogP contribution in [0.2, 0.25) is 0 Å². The summed E-state index contributed by atoms with van der Waals surface area (Å²) < 4.78 is 5.54. The van der Waals surface area contributed by atoms with Crippen molar-refractivity contribution in [3.63, 3.8) is 0 Å². The highest BCUT2D eigenvalue weighted by Crippen LogP contribution is 2.27. The maximum atomic E-state index is 5.54. The highest BCUT2D eigenvalue weighted by Gasteiger charge is 2.13. The molecular weight excluding hydrogens is 250 g/mol. The van der Waals surface area contributed by atoms with E-state index in [2.05, 4.69) is 33.5 Å². The van der Waals surface area contributed by atoms with E-state index in [0.29, 0.717) is 6.04 Å². The SMILES string of the molecule is CNC(CCc1ccc2c(c1)CCO2)c1cncnc1. The molecule has 2 aromatic rings. The number of hydrogen-bond acceptors (Lipinski definition) is 4. The molecule has 1 aromatic heterocycles. The second kappa shape index (κ2) is 6.01. The summed E-state index contributed by atoms with van der Waals surface area (Å²) in [6.07, 6.45) is 8.43. The number of hydrogen-bond donors (Lipinski definition) is 1. The Labute approximate surface area is 119 Å². The number of aryl methyl sites for hydroxylation is 1. The monoisotopic (exact) mass is 269 g/mol. The first-order chi connectivity index (χ1) is 9.86. The molecule has 0 amide bonds. The summed E-state index contributed by atoms with van der Waals surface area (Å²) in [6, 6.07) is 6.83. The fourth-order valence-corrected chi connectivity index (χ4v) is 2.67. The van der Waals surface area contributed by atoms with E-state index < -0.39 is 0 Å². The number of nitrogens with zero attached hydrogens (tertiary/aromatic N) is 2. The second-order valence-corrected chi connectivity index (χ2v) is 5.09. The summed E-state index contributed by atoms with van der Waals surface area (Å²) in [5.74, 6) is 1.05. The van der Waals surface area contributed by atoms with E-state index in [1.165, 1.54) is 11.1 Å². The maximum Gasteiger partial charge on any atom is 0.122 e. The lowest BCUT2D eigenvalue weighted by molar-refractivity contribution is 0.357. The Balaban J connectivity index is 1.66. The van der Waals surface area contributed by atoms with E-state index in [0.717, 1.165) is 37.2 Å². The molecule has 0 spiro atoms. The molecule has 1 aliphatic rings. The van der Waals surface area contributed by atoms with E-state index in [9.17, 15) is 0 Å². The Morgan fingerprint density at radius 3 is 2.95 bits per heavy atom. The van der Waals surface area contributed by atoms with Gasteiger partial charge in [-0.15, -0.1) is 0 Å². The predicted octanol–water partition coefficient (Wildman–Crippen LogP) is 2.30. The van der Waals surface area contributed by atoms with Crippen molar-refractivity contribution in [2.45, 2.75) is 25.3 Å². The molecule has 1 N–H and O–H groups in total. The zero-order chi connectivity index (χ0) is 13.8. The highest BCUT2D eigenvalue weighted by atomic mass is 16.5. The Hall–Kier alpha value is -1.94. The molecule has 104 valence electrons. The van der Waals surface area contributed by atoms with Crippen LogP contribution in [0.5, 0.6) is 5.75 Å². The molecule has 1 aromatic carbocycles. The van der Waals surface area contributed by atoms with Crippen molar-refractivity contribution in [1.82, 2.24) is 15.3 Å². The molecule has 0 saturated heterocycles. The van der Waals surface area contributed by atoms with Gasteiger partial charge in [0.25, 0.3) is 0 Å². The molecule has 0 radical (unpaired) electrons. The lowest BCUT2D eigenvalue weighted by Crippen LogP contribution is -2.17. The first-order valence-corrected chi connectivity index (χ1v) is 7.03. The maximum absolute atomic E-state index is 5.54. The molecule has 1 aliphatic heterocycles. The van der Waals surface area contributed by atoms with Crippen molar-refractivity contribution in [2.75, 3.05) is 13.7 Å². The van der Waals surface area contributed by atoms with Gasteiger partial charge in [-0.25, -0.2) is 9.97 Å². The van der Waals surface area contributed by atoms with Gasteiger partial charge in [0.05, 0.1) is 6.61 Å². The van der Waals surface area contributed by atoms with Gasteiger partial charge in [0, 0.05) is 30.4 Å². The Bertz CT molecular complexity index is 571. The minimum absolute atomic E-state index is 0.292. The number of rotatable bonds is 5. The van der Waals surface area contributed by atoms with Gasteiger partial charge >= 0.3 is 0 Å². The largest absolute Gasteiger partial charge is 0.493 e. The molecule has 0 aliphatic carbocycles. The summed E-state index contributed by atoms with van der Waals surface area (Å²) in [6.45, 7) is 0.819. The van der Waals surface area contributed by atoms with E-state index in [-0.39, 0.29) is 0 Å². The van der Waals surface area contributed by atoms with Crippen LogP contribution in [0.4, 0.5) is 0 Å². The van der Waals surface area contributed by atoms with Gasteiger partial charge in [0.2, 0.25) is 0 Å². The number of nitrogens with one attached hydrogen (secondary N) is 1. The average Bonchev–Trinajstić information content (AvgIpc) is 2.96. The van der Waals surface area contributed by atoms with Crippen molar-refractivity contribution < 1.29 is 4.74 Å². The molecule has 0 fully saturated rings. The third-order valence-corrected chi connectivity index (χ3v) is 3.81. The molecule has 0 saturated carbocycles. The van der Waals surface area contributed by atoms with E-state index in [4.69, 9.17) is 4.74 Å². The zero-order valence-electron chi connectivity index (χ0n) is 11.7. The molecular formula is C16H19N3O. The number of fused-ring (bicyclic) bond motifs is 1. The summed E-state index contributed by atoms with van der Waals surface area (Å²) >= 11 is 0. The van der Waals surface area contributed by atoms with Crippen LogP contribution >= 0.6 is 0 Å². The van der Waals surface area contributed by atoms with Gasteiger partial charge in [-0.3, -0.25) is 0 Å². The lowest BCUT2D eigenvalue weighted by atomic mass is 9.99. The highest BCUT2D eigenvalue weighted by molar-refractivity contribution is 5.39. The quantitative estimate of drug-likeness (QED) is 0.905. The van der Waals surface area contributed by atoms with E-state index in [1.54, 1.807) is 6.33 Å². The number of benzene rings is 1. The van der Waals surface area contributed by atoms with Gasteiger partial charge in [-0.2, -0.15) is 0 Å². The molecule has 1 atom stereocenters. The fourth-order valence-electron chi connectivity index (χ4n) is 2.67. The van der Waals surface area contributed by atoms with E-state index in [1.807, 2.05) is 19.4 Å². The average molecular weight is 269 g/mol. The third kappa shape index (κ3) is 2.80. The van der Waals surface area contributed by atoms with Crippen molar-refractivity contribution >= 4 is 0 Å².